The van der Waals surface area contributed by atoms with Gasteiger partial charge in [-0.25, -0.2) is 4.72 Å². The number of benzene rings is 1. The van der Waals surface area contributed by atoms with Crippen LogP contribution >= 0.6 is 0 Å². The maximum atomic E-state index is 10.5. The zero-order chi connectivity index (χ0) is 15.8. The van der Waals surface area contributed by atoms with Crippen molar-refractivity contribution in [3.63, 3.8) is 0 Å². The smallest absolute Gasteiger partial charge is 0.122 e. The minimum atomic E-state index is -2.16. The van der Waals surface area contributed by atoms with Crippen molar-refractivity contribution in [1.82, 2.24) is 4.72 Å². The molecule has 1 fully saturated rings. The fourth-order valence-electron chi connectivity index (χ4n) is 3.11. The van der Waals surface area contributed by atoms with Gasteiger partial charge in [-0.1, -0.05) is 25.3 Å². The minimum absolute atomic E-state index is 0.488. The Kier molecular flexibility index (Phi) is 7.15. The van der Waals surface area contributed by atoms with Gasteiger partial charge in [-0.15, -0.1) is 0 Å². The fourth-order valence-corrected chi connectivity index (χ4v) is 3.39. The first kappa shape index (κ1) is 17.2. The highest BCUT2D eigenvalue weighted by atomic mass is 32.2. The van der Waals surface area contributed by atoms with Gasteiger partial charge in [0.25, 0.3) is 0 Å². The Morgan fingerprint density at radius 1 is 1.27 bits per heavy atom. The van der Waals surface area contributed by atoms with E-state index in [4.69, 9.17) is 9.47 Å². The zero-order valence-electron chi connectivity index (χ0n) is 13.0. The Bertz CT molecular complexity index is 483. The molecule has 0 bridgehead atoms. The second-order valence-electron chi connectivity index (χ2n) is 5.71. The predicted octanol–water partition coefficient (Wildman–Crippen LogP) is 2.65. The third-order valence-corrected chi connectivity index (χ3v) is 4.75. The van der Waals surface area contributed by atoms with E-state index in [1.807, 2.05) is 24.3 Å². The van der Waals surface area contributed by atoms with Gasteiger partial charge in [0.05, 0.1) is 13.7 Å². The van der Waals surface area contributed by atoms with Crippen molar-refractivity contribution in [3.05, 3.63) is 24.3 Å². The topological polar surface area (TPSA) is 70.6 Å². The van der Waals surface area contributed by atoms with Gasteiger partial charge < -0.3 is 14.0 Å². The van der Waals surface area contributed by atoms with E-state index in [1.54, 1.807) is 7.11 Å². The maximum absolute atomic E-state index is 10.5. The molecular formula is C16H24NO4S-. The molecule has 1 aromatic rings. The molecule has 1 saturated carbocycles. The summed E-state index contributed by atoms with van der Waals surface area (Å²) in [4.78, 5) is 0. The molecule has 22 heavy (non-hydrogen) atoms. The van der Waals surface area contributed by atoms with Crippen LogP contribution in [0.4, 0.5) is 0 Å². The van der Waals surface area contributed by atoms with Crippen LogP contribution in [0.2, 0.25) is 0 Å². The molecule has 2 rings (SSSR count). The molecule has 0 amide bonds. The molecular weight excluding hydrogens is 302 g/mol. The van der Waals surface area contributed by atoms with E-state index in [-0.39, 0.29) is 0 Å². The average Bonchev–Trinajstić information content (AvgIpc) is 2.54. The Hall–Kier alpha value is -1.11. The third kappa shape index (κ3) is 5.59. The van der Waals surface area contributed by atoms with Crippen molar-refractivity contribution in [2.24, 2.45) is 11.8 Å². The lowest BCUT2D eigenvalue weighted by Crippen LogP contribution is -2.29. The van der Waals surface area contributed by atoms with E-state index in [0.29, 0.717) is 25.0 Å². The first-order valence-electron chi connectivity index (χ1n) is 7.78. The fraction of sp³-hybridized carbons (Fsp3) is 0.625. The molecule has 1 aliphatic carbocycles. The molecule has 0 heterocycles. The molecule has 3 atom stereocenters. The average molecular weight is 326 g/mol. The number of rotatable bonds is 8. The van der Waals surface area contributed by atoms with Crippen LogP contribution in [0, 0.1) is 11.8 Å². The summed E-state index contributed by atoms with van der Waals surface area (Å²) >= 11 is -2.16. The number of hydrogen-bond acceptors (Lipinski definition) is 4. The second kappa shape index (κ2) is 9.12. The molecule has 0 spiro atoms. The van der Waals surface area contributed by atoms with Crippen molar-refractivity contribution in [1.29, 1.82) is 0 Å². The van der Waals surface area contributed by atoms with Crippen molar-refractivity contribution < 1.29 is 18.2 Å². The van der Waals surface area contributed by atoms with Gasteiger partial charge in [-0.3, -0.25) is 4.21 Å². The summed E-state index contributed by atoms with van der Waals surface area (Å²) in [7, 11) is 1.64. The number of nitrogens with one attached hydrogen (secondary N) is 1. The van der Waals surface area contributed by atoms with Gasteiger partial charge >= 0.3 is 0 Å². The second-order valence-corrected chi connectivity index (χ2v) is 6.47. The van der Waals surface area contributed by atoms with Crippen LogP contribution < -0.4 is 14.2 Å². The van der Waals surface area contributed by atoms with E-state index in [1.165, 1.54) is 12.8 Å². The van der Waals surface area contributed by atoms with Crippen LogP contribution in [0.1, 0.15) is 32.1 Å². The van der Waals surface area contributed by atoms with Gasteiger partial charge in [0, 0.05) is 23.9 Å². The molecule has 1 aliphatic rings. The van der Waals surface area contributed by atoms with Crippen LogP contribution in [0.3, 0.4) is 0 Å². The van der Waals surface area contributed by atoms with E-state index < -0.39 is 11.3 Å². The van der Waals surface area contributed by atoms with Crippen LogP contribution in [0.5, 0.6) is 11.5 Å². The van der Waals surface area contributed by atoms with Crippen molar-refractivity contribution in [2.75, 3.05) is 20.3 Å². The molecule has 3 unspecified atom stereocenters. The van der Waals surface area contributed by atoms with Crippen LogP contribution in [0.15, 0.2) is 24.3 Å². The van der Waals surface area contributed by atoms with E-state index in [0.717, 1.165) is 30.8 Å². The Morgan fingerprint density at radius 2 is 2.00 bits per heavy atom. The van der Waals surface area contributed by atoms with Crippen LogP contribution in [0.25, 0.3) is 0 Å². The minimum Gasteiger partial charge on any atom is -0.760 e. The summed E-state index contributed by atoms with van der Waals surface area (Å²) in [5, 5.41) is 0. The normalized spacial score (nSPS) is 23.0. The first-order valence-corrected chi connectivity index (χ1v) is 8.86. The summed E-state index contributed by atoms with van der Waals surface area (Å²) in [6, 6.07) is 7.63. The number of hydrogen-bond donors (Lipinski definition) is 1. The Morgan fingerprint density at radius 3 is 2.73 bits per heavy atom. The molecule has 0 radical (unpaired) electrons. The van der Waals surface area contributed by atoms with Gasteiger partial charge in [-0.2, -0.15) is 0 Å². The quantitative estimate of drug-likeness (QED) is 0.746. The van der Waals surface area contributed by atoms with E-state index >= 15 is 0 Å². The molecule has 0 aliphatic heterocycles. The van der Waals surface area contributed by atoms with Crippen LogP contribution in [-0.4, -0.2) is 29.0 Å². The highest BCUT2D eigenvalue weighted by molar-refractivity contribution is 7.77. The van der Waals surface area contributed by atoms with Crippen LogP contribution in [-0.2, 0) is 11.3 Å². The summed E-state index contributed by atoms with van der Waals surface area (Å²) in [5.74, 6) is 2.62. The lowest BCUT2D eigenvalue weighted by molar-refractivity contribution is 0.143. The largest absolute Gasteiger partial charge is 0.760 e. The lowest BCUT2D eigenvalue weighted by Gasteiger charge is -2.31. The molecule has 1 N–H and O–H groups in total. The van der Waals surface area contributed by atoms with Gasteiger partial charge in [0.1, 0.15) is 11.5 Å². The first-order chi connectivity index (χ1) is 10.7. The molecule has 124 valence electrons. The van der Waals surface area contributed by atoms with Gasteiger partial charge in [-0.05, 0) is 36.8 Å². The van der Waals surface area contributed by atoms with Crippen molar-refractivity contribution in [3.8, 4) is 11.5 Å². The summed E-state index contributed by atoms with van der Waals surface area (Å²) in [5.41, 5.74) is 0. The number of methoxy groups -OCH3 is 1. The monoisotopic (exact) mass is 326 g/mol. The zero-order valence-corrected chi connectivity index (χ0v) is 13.8. The van der Waals surface area contributed by atoms with E-state index in [2.05, 4.69) is 4.72 Å². The Balaban J connectivity index is 1.83. The molecule has 0 aromatic heterocycles. The summed E-state index contributed by atoms with van der Waals surface area (Å²) in [6.07, 6.45) is 5.62. The molecule has 1 aromatic carbocycles. The highest BCUT2D eigenvalue weighted by Crippen LogP contribution is 2.33. The SMILES string of the molecule is COc1cccc(OCC2CCCCC2CCNS(=O)[O-])c1. The highest BCUT2D eigenvalue weighted by Gasteiger charge is 2.25. The number of ether oxygens (including phenoxy) is 2. The molecule has 5 nitrogen and oxygen atoms in total. The van der Waals surface area contributed by atoms with Crippen molar-refractivity contribution in [2.45, 2.75) is 32.1 Å². The summed E-state index contributed by atoms with van der Waals surface area (Å²) < 4.78 is 34.7. The van der Waals surface area contributed by atoms with Gasteiger partial charge in [0.15, 0.2) is 0 Å². The summed E-state index contributed by atoms with van der Waals surface area (Å²) in [6.45, 7) is 1.19. The third-order valence-electron chi connectivity index (χ3n) is 4.31. The predicted molar refractivity (Wildman–Crippen MR) is 85.5 cm³/mol. The van der Waals surface area contributed by atoms with Crippen molar-refractivity contribution >= 4 is 11.3 Å². The van der Waals surface area contributed by atoms with E-state index in [9.17, 15) is 8.76 Å². The lowest BCUT2D eigenvalue weighted by atomic mass is 9.78. The standard InChI is InChI=1S/C16H25NO4S/c1-20-15-7-4-8-16(11-15)21-12-14-6-3-2-5-13(14)9-10-17-22(18)19/h4,7-8,11,13-14,17H,2-3,5-6,9-10,12H2,1H3,(H,18,19)/p-1. The Labute approximate surface area is 134 Å². The maximum Gasteiger partial charge on any atom is 0.122 e. The van der Waals surface area contributed by atoms with Gasteiger partial charge in [0.2, 0.25) is 0 Å². The molecule has 6 heteroatoms. The molecule has 0 saturated heterocycles.